The molecule has 24 heavy (non-hydrogen) atoms. The number of carbonyl (C=O) groups excluding carboxylic acids is 3. The van der Waals surface area contributed by atoms with Crippen molar-refractivity contribution in [1.82, 2.24) is 10.2 Å². The molecule has 6 nitrogen and oxygen atoms in total. The Kier molecular flexibility index (Phi) is 5.32. The number of hydrogen-bond donors (Lipinski definition) is 2. The van der Waals surface area contributed by atoms with Gasteiger partial charge in [-0.3, -0.25) is 14.5 Å². The molecule has 0 bridgehead atoms. The first-order chi connectivity index (χ1) is 11.1. The second-order valence-electron chi connectivity index (χ2n) is 6.78. The highest BCUT2D eigenvalue weighted by Crippen LogP contribution is 2.26. The average Bonchev–Trinajstić information content (AvgIpc) is 2.64. The van der Waals surface area contributed by atoms with Gasteiger partial charge in [0.2, 0.25) is 5.91 Å². The predicted molar refractivity (Wildman–Crippen MR) is 95.6 cm³/mol. The summed E-state index contributed by atoms with van der Waals surface area (Å²) in [5, 5.41) is 5.41. The summed E-state index contributed by atoms with van der Waals surface area (Å²) in [5.41, 5.74) is 0.705. The van der Waals surface area contributed by atoms with Gasteiger partial charge in [0, 0.05) is 4.47 Å². The number of anilines is 1. The number of nitrogens with one attached hydrogen (secondary N) is 2. The van der Waals surface area contributed by atoms with Crippen LogP contribution >= 0.6 is 15.9 Å². The first-order valence-electron chi connectivity index (χ1n) is 7.82. The number of urea groups is 1. The molecule has 130 valence electrons. The van der Waals surface area contributed by atoms with Crippen LogP contribution in [0, 0.1) is 12.8 Å². The van der Waals surface area contributed by atoms with Crippen LogP contribution in [-0.2, 0) is 9.59 Å². The molecule has 1 aliphatic heterocycles. The molecule has 0 spiro atoms. The van der Waals surface area contributed by atoms with Crippen LogP contribution in [0.5, 0.6) is 0 Å². The van der Waals surface area contributed by atoms with Crippen molar-refractivity contribution in [3.05, 3.63) is 28.2 Å². The highest BCUT2D eigenvalue weighted by Gasteiger charge is 2.48. The summed E-state index contributed by atoms with van der Waals surface area (Å²) in [6.07, 6.45) is 0.527. The molecule has 0 aliphatic carbocycles. The summed E-state index contributed by atoms with van der Waals surface area (Å²) in [5.74, 6) is -0.535. The van der Waals surface area contributed by atoms with E-state index in [9.17, 15) is 14.4 Å². The molecule has 2 rings (SSSR count). The Morgan fingerprint density at radius 2 is 2.04 bits per heavy atom. The second kappa shape index (κ2) is 6.93. The zero-order valence-electron chi connectivity index (χ0n) is 14.3. The van der Waals surface area contributed by atoms with Crippen molar-refractivity contribution in [2.45, 2.75) is 39.7 Å². The number of halogens is 1. The van der Waals surface area contributed by atoms with E-state index in [-0.39, 0.29) is 18.4 Å². The van der Waals surface area contributed by atoms with E-state index in [1.54, 1.807) is 13.0 Å². The van der Waals surface area contributed by atoms with E-state index >= 15 is 0 Å². The second-order valence-corrected chi connectivity index (χ2v) is 7.64. The standard InChI is InChI=1S/C17H22BrN3O3/c1-10(2)8-17(4)15(23)21(16(24)20-17)9-14(22)19-13-6-5-11(3)7-12(13)18/h5-7,10H,8-9H2,1-4H3,(H,19,22)(H,20,24). The highest BCUT2D eigenvalue weighted by molar-refractivity contribution is 9.10. The van der Waals surface area contributed by atoms with Crippen LogP contribution in [0.4, 0.5) is 10.5 Å². The number of carbonyl (C=O) groups is 3. The first-order valence-corrected chi connectivity index (χ1v) is 8.62. The highest BCUT2D eigenvalue weighted by atomic mass is 79.9. The Bertz CT molecular complexity index is 690. The van der Waals surface area contributed by atoms with Crippen molar-refractivity contribution in [3.8, 4) is 0 Å². The molecule has 1 saturated heterocycles. The smallest absolute Gasteiger partial charge is 0.323 e. The van der Waals surface area contributed by atoms with Gasteiger partial charge in [0.05, 0.1) is 5.69 Å². The predicted octanol–water partition coefficient (Wildman–Crippen LogP) is 3.05. The molecule has 1 aromatic carbocycles. The molecule has 1 atom stereocenters. The Morgan fingerprint density at radius 3 is 2.62 bits per heavy atom. The first kappa shape index (κ1) is 18.4. The molecule has 0 saturated carbocycles. The molecule has 4 amide bonds. The van der Waals surface area contributed by atoms with E-state index in [0.717, 1.165) is 14.9 Å². The van der Waals surface area contributed by atoms with Crippen molar-refractivity contribution in [2.75, 3.05) is 11.9 Å². The molecule has 1 heterocycles. The van der Waals surface area contributed by atoms with Gasteiger partial charge < -0.3 is 10.6 Å². The molecule has 2 N–H and O–H groups in total. The lowest BCUT2D eigenvalue weighted by molar-refractivity contribution is -0.133. The SMILES string of the molecule is Cc1ccc(NC(=O)CN2C(=O)NC(C)(CC(C)C)C2=O)c(Br)c1. The third kappa shape index (κ3) is 3.95. The molecule has 0 radical (unpaired) electrons. The topological polar surface area (TPSA) is 78.5 Å². The van der Waals surface area contributed by atoms with Gasteiger partial charge in [-0.2, -0.15) is 0 Å². The number of aryl methyl sites for hydroxylation is 1. The molecular formula is C17H22BrN3O3. The van der Waals surface area contributed by atoms with Crippen molar-refractivity contribution in [3.63, 3.8) is 0 Å². The molecule has 1 unspecified atom stereocenters. The van der Waals surface area contributed by atoms with Gasteiger partial charge in [-0.05, 0) is 59.8 Å². The van der Waals surface area contributed by atoms with Crippen LogP contribution in [0.15, 0.2) is 22.7 Å². The zero-order valence-corrected chi connectivity index (χ0v) is 15.9. The van der Waals surface area contributed by atoms with Crippen molar-refractivity contribution in [1.29, 1.82) is 0 Å². The van der Waals surface area contributed by atoms with Gasteiger partial charge in [-0.1, -0.05) is 19.9 Å². The maximum Gasteiger partial charge on any atom is 0.325 e. The fourth-order valence-electron chi connectivity index (χ4n) is 2.90. The van der Waals surface area contributed by atoms with Gasteiger partial charge in [0.1, 0.15) is 12.1 Å². The summed E-state index contributed by atoms with van der Waals surface area (Å²) >= 11 is 3.38. The third-order valence-corrected chi connectivity index (χ3v) is 4.52. The maximum absolute atomic E-state index is 12.5. The maximum atomic E-state index is 12.5. The Morgan fingerprint density at radius 1 is 1.38 bits per heavy atom. The number of nitrogens with zero attached hydrogens (tertiary/aromatic N) is 1. The van der Waals surface area contributed by atoms with Crippen LogP contribution in [0.2, 0.25) is 0 Å². The zero-order chi connectivity index (χ0) is 18.1. The molecule has 0 aromatic heterocycles. The van der Waals surface area contributed by atoms with Crippen LogP contribution in [0.1, 0.15) is 32.8 Å². The fraction of sp³-hybridized carbons (Fsp3) is 0.471. The number of benzene rings is 1. The summed E-state index contributed by atoms with van der Waals surface area (Å²) in [4.78, 5) is 37.8. The number of imide groups is 1. The normalized spacial score (nSPS) is 20.5. The number of hydrogen-bond acceptors (Lipinski definition) is 3. The minimum atomic E-state index is -0.948. The van der Waals surface area contributed by atoms with Gasteiger partial charge in [0.25, 0.3) is 5.91 Å². The lowest BCUT2D eigenvalue weighted by Gasteiger charge is -2.23. The van der Waals surface area contributed by atoms with E-state index in [4.69, 9.17) is 0 Å². The van der Waals surface area contributed by atoms with Crippen LogP contribution in [-0.4, -0.2) is 34.8 Å². The summed E-state index contributed by atoms with van der Waals surface area (Å²) in [7, 11) is 0. The van der Waals surface area contributed by atoms with Crippen LogP contribution in [0.25, 0.3) is 0 Å². The number of rotatable bonds is 5. The third-order valence-electron chi connectivity index (χ3n) is 3.86. The van der Waals surface area contributed by atoms with Gasteiger partial charge in [-0.25, -0.2) is 4.79 Å². The Balaban J connectivity index is 2.06. The minimum Gasteiger partial charge on any atom is -0.323 e. The monoisotopic (exact) mass is 395 g/mol. The largest absolute Gasteiger partial charge is 0.325 e. The fourth-order valence-corrected chi connectivity index (χ4v) is 3.49. The summed E-state index contributed by atoms with van der Waals surface area (Å²) in [6, 6.07) is 4.99. The van der Waals surface area contributed by atoms with Gasteiger partial charge >= 0.3 is 6.03 Å². The Hall–Kier alpha value is -1.89. The average molecular weight is 396 g/mol. The van der Waals surface area contributed by atoms with E-state index in [1.165, 1.54) is 0 Å². The van der Waals surface area contributed by atoms with Crippen LogP contribution < -0.4 is 10.6 Å². The number of amides is 4. The molecular weight excluding hydrogens is 374 g/mol. The molecule has 7 heteroatoms. The van der Waals surface area contributed by atoms with E-state index in [2.05, 4.69) is 26.6 Å². The molecule has 1 aromatic rings. The van der Waals surface area contributed by atoms with Gasteiger partial charge in [-0.15, -0.1) is 0 Å². The minimum absolute atomic E-state index is 0.247. The lowest BCUT2D eigenvalue weighted by atomic mass is 9.91. The van der Waals surface area contributed by atoms with E-state index in [1.807, 2.05) is 32.9 Å². The Labute approximate surface area is 150 Å². The van der Waals surface area contributed by atoms with Crippen LogP contribution in [0.3, 0.4) is 0 Å². The van der Waals surface area contributed by atoms with Crippen molar-refractivity contribution in [2.24, 2.45) is 5.92 Å². The molecule has 1 aliphatic rings. The lowest BCUT2D eigenvalue weighted by Crippen LogP contribution is -2.45. The quantitative estimate of drug-likeness (QED) is 0.751. The van der Waals surface area contributed by atoms with E-state index < -0.39 is 17.5 Å². The van der Waals surface area contributed by atoms with Gasteiger partial charge in [0.15, 0.2) is 0 Å². The summed E-state index contributed by atoms with van der Waals surface area (Å²) in [6.45, 7) is 7.30. The summed E-state index contributed by atoms with van der Waals surface area (Å²) < 4.78 is 0.748. The molecule has 1 fully saturated rings. The van der Waals surface area contributed by atoms with Crippen molar-refractivity contribution >= 4 is 39.5 Å². The van der Waals surface area contributed by atoms with E-state index in [0.29, 0.717) is 12.1 Å². The van der Waals surface area contributed by atoms with Crippen molar-refractivity contribution < 1.29 is 14.4 Å².